The average molecular weight is 646 g/mol. The molecule has 0 saturated carbocycles. The molecule has 1 aliphatic heterocycles. The van der Waals surface area contributed by atoms with Gasteiger partial charge >= 0.3 is 0 Å². The number of amides is 3. The van der Waals surface area contributed by atoms with Crippen molar-refractivity contribution in [1.29, 1.82) is 5.41 Å². The summed E-state index contributed by atoms with van der Waals surface area (Å²) < 4.78 is 54.5. The highest BCUT2D eigenvalue weighted by atomic mass is 32.2. The molecule has 2 heterocycles. The maximum Gasteiger partial charge on any atom is 0.299 e. The fourth-order valence-corrected chi connectivity index (χ4v) is 7.38. The van der Waals surface area contributed by atoms with Crippen LogP contribution in [0.25, 0.3) is 11.1 Å². The van der Waals surface area contributed by atoms with Crippen LogP contribution in [0.2, 0.25) is 0 Å². The van der Waals surface area contributed by atoms with E-state index in [2.05, 4.69) is 10.6 Å². The van der Waals surface area contributed by atoms with Gasteiger partial charge in [-0.05, 0) is 35.7 Å². The lowest BCUT2D eigenvalue weighted by Crippen LogP contribution is -2.49. The third-order valence-electron chi connectivity index (χ3n) is 7.84. The largest absolute Gasteiger partial charge is 0.394 e. The molecule has 2 aliphatic rings. The zero-order valence-electron chi connectivity index (χ0n) is 23.3. The van der Waals surface area contributed by atoms with Crippen molar-refractivity contribution in [1.82, 2.24) is 15.5 Å². The van der Waals surface area contributed by atoms with E-state index < -0.39 is 64.0 Å². The summed E-state index contributed by atoms with van der Waals surface area (Å²) in [6.07, 6.45) is 0.813. The smallest absolute Gasteiger partial charge is 0.299 e. The van der Waals surface area contributed by atoms with Gasteiger partial charge in [0.15, 0.2) is 9.84 Å². The number of benzene rings is 2. The lowest BCUT2D eigenvalue weighted by molar-refractivity contribution is -0.138. The third kappa shape index (κ3) is 5.81. The Morgan fingerprint density at radius 2 is 1.84 bits per heavy atom. The van der Waals surface area contributed by atoms with Crippen LogP contribution >= 0.6 is 11.3 Å². The molecule has 5 rings (SSSR count). The molecule has 6 N–H and O–H groups in total. The van der Waals surface area contributed by atoms with E-state index in [-0.39, 0.29) is 41.1 Å². The van der Waals surface area contributed by atoms with E-state index in [0.717, 1.165) is 22.5 Å². The summed E-state index contributed by atoms with van der Waals surface area (Å²) in [6.45, 7) is -1.38. The van der Waals surface area contributed by atoms with Crippen LogP contribution in [0.15, 0.2) is 53.9 Å². The summed E-state index contributed by atoms with van der Waals surface area (Å²) in [5, 5.41) is 23.1. The number of alkyl halides is 2. The van der Waals surface area contributed by atoms with Crippen LogP contribution in [0, 0.1) is 5.41 Å². The Bertz CT molecular complexity index is 1780. The third-order valence-corrected chi connectivity index (χ3v) is 10.4. The first-order valence-electron chi connectivity index (χ1n) is 13.4. The number of fused-ring (bicyclic) bond motifs is 3. The summed E-state index contributed by atoms with van der Waals surface area (Å²) in [7, 11) is -3.65. The van der Waals surface area contributed by atoms with Crippen molar-refractivity contribution in [2.24, 2.45) is 5.73 Å². The first kappa shape index (κ1) is 31.2. The zero-order chi connectivity index (χ0) is 32.0. The number of thiophene rings is 1. The number of halogens is 2. The molecule has 2 aromatic carbocycles. The van der Waals surface area contributed by atoms with Crippen LogP contribution in [0.4, 0.5) is 8.78 Å². The minimum atomic E-state index is -3.65. The van der Waals surface area contributed by atoms with Gasteiger partial charge in [0.2, 0.25) is 11.8 Å². The number of nitrogens with two attached hydrogens (primary N) is 1. The lowest BCUT2D eigenvalue weighted by Gasteiger charge is -2.26. The van der Waals surface area contributed by atoms with Gasteiger partial charge in [-0.3, -0.25) is 19.8 Å². The fraction of sp³-hybridized carbons (Fsp3) is 0.310. The zero-order valence-corrected chi connectivity index (χ0v) is 25.0. The SMILES string of the molecule is CS(=O)(=O)[C@@H]1C[C@@H](C(=O)NC(CO)c2cc(C(=N)N)cs2)N(C(=O)CNC(=O)c2ccc3c(c2)-c2ccccc2C3(F)F)C1. The van der Waals surface area contributed by atoms with Gasteiger partial charge in [-0.15, -0.1) is 11.3 Å². The van der Waals surface area contributed by atoms with Crippen LogP contribution in [0.1, 0.15) is 44.4 Å². The van der Waals surface area contributed by atoms with Gasteiger partial charge < -0.3 is 26.4 Å². The molecule has 1 aromatic heterocycles. The Labute approximate surface area is 255 Å². The molecule has 232 valence electrons. The number of nitrogen functional groups attached to an aromatic ring is 1. The van der Waals surface area contributed by atoms with Crippen molar-refractivity contribution in [3.05, 3.63) is 81.0 Å². The van der Waals surface area contributed by atoms with Crippen molar-refractivity contribution < 1.29 is 36.7 Å². The Morgan fingerprint density at radius 1 is 1.14 bits per heavy atom. The standard InChI is InChI=1S/C29H29F2N5O6S2/c1-44(41,42)17-10-23(28(40)35-22(13-37)24-9-16(14-43-24)26(32)33)36(12-17)25(38)11-34-27(39)15-6-7-21-19(8-15)18-4-2-3-5-20(18)29(21,30)31/h2-9,14,17,22-23,37H,10-13H2,1H3,(H3,32,33)(H,34,39)(H,35,40)/t17-,22?,23+/m1/s1. The Balaban J connectivity index is 1.30. The number of nitrogens with one attached hydrogen (secondary N) is 3. The second-order valence-corrected chi connectivity index (χ2v) is 14.0. The summed E-state index contributed by atoms with van der Waals surface area (Å²) >= 11 is 1.16. The van der Waals surface area contributed by atoms with Crippen molar-refractivity contribution in [2.75, 3.05) is 26.0 Å². The highest BCUT2D eigenvalue weighted by Gasteiger charge is 2.45. The minimum absolute atomic E-state index is 0.0421. The highest BCUT2D eigenvalue weighted by molar-refractivity contribution is 7.91. The molecule has 11 nitrogen and oxygen atoms in total. The van der Waals surface area contributed by atoms with Crippen LogP contribution in [0.3, 0.4) is 0 Å². The van der Waals surface area contributed by atoms with Gasteiger partial charge in [-0.25, -0.2) is 8.42 Å². The quantitative estimate of drug-likeness (QED) is 0.173. The molecule has 3 atom stereocenters. The van der Waals surface area contributed by atoms with E-state index in [9.17, 15) is 36.7 Å². The summed E-state index contributed by atoms with van der Waals surface area (Å²) in [5.74, 6) is -5.55. The predicted molar refractivity (Wildman–Crippen MR) is 159 cm³/mol. The maximum atomic E-state index is 14.9. The van der Waals surface area contributed by atoms with Crippen molar-refractivity contribution in [2.45, 2.75) is 29.7 Å². The Hall–Kier alpha value is -4.21. The summed E-state index contributed by atoms with van der Waals surface area (Å²) in [4.78, 5) is 41.1. The van der Waals surface area contributed by atoms with Gasteiger partial charge in [-0.2, -0.15) is 8.78 Å². The van der Waals surface area contributed by atoms with Crippen molar-refractivity contribution >= 4 is 44.7 Å². The second kappa shape index (κ2) is 11.7. The number of nitrogens with zero attached hydrogens (tertiary/aromatic N) is 1. The monoisotopic (exact) mass is 645 g/mol. The minimum Gasteiger partial charge on any atom is -0.394 e. The number of rotatable bonds is 9. The number of aliphatic hydroxyl groups excluding tert-OH is 1. The number of amidine groups is 1. The molecule has 15 heteroatoms. The molecule has 0 radical (unpaired) electrons. The normalized spacial score (nSPS) is 19.1. The number of hydrogen-bond acceptors (Lipinski definition) is 8. The fourth-order valence-electron chi connectivity index (χ4n) is 5.46. The Morgan fingerprint density at radius 3 is 2.50 bits per heavy atom. The number of carbonyl (C=O) groups excluding carboxylic acids is 3. The summed E-state index contributed by atoms with van der Waals surface area (Å²) in [5.41, 5.74) is 6.06. The number of hydrogen-bond donors (Lipinski definition) is 5. The molecule has 44 heavy (non-hydrogen) atoms. The number of likely N-dealkylation sites (tertiary alicyclic amines) is 1. The van der Waals surface area contributed by atoms with E-state index in [1.54, 1.807) is 23.6 Å². The highest BCUT2D eigenvalue weighted by Crippen LogP contribution is 2.50. The molecule has 3 aromatic rings. The first-order valence-corrected chi connectivity index (χ1v) is 16.3. The van der Waals surface area contributed by atoms with Crippen LogP contribution in [-0.2, 0) is 25.3 Å². The molecule has 3 amide bonds. The molecular weight excluding hydrogens is 616 g/mol. The van der Waals surface area contributed by atoms with E-state index in [1.165, 1.54) is 30.3 Å². The Kier molecular flexibility index (Phi) is 8.31. The summed E-state index contributed by atoms with van der Waals surface area (Å²) in [6, 6.07) is 9.17. The van der Waals surface area contributed by atoms with E-state index in [4.69, 9.17) is 11.1 Å². The van der Waals surface area contributed by atoms with E-state index in [0.29, 0.717) is 16.0 Å². The lowest BCUT2D eigenvalue weighted by atomic mass is 10.0. The number of sulfone groups is 1. The number of aliphatic hydroxyl groups is 1. The molecule has 1 aliphatic carbocycles. The molecule has 1 saturated heterocycles. The first-order chi connectivity index (χ1) is 20.7. The van der Waals surface area contributed by atoms with Gasteiger partial charge in [0, 0.05) is 45.3 Å². The number of carbonyl (C=O) groups is 3. The topological polar surface area (TPSA) is 183 Å². The van der Waals surface area contributed by atoms with Gasteiger partial charge in [0.05, 0.1) is 24.4 Å². The van der Waals surface area contributed by atoms with Crippen molar-refractivity contribution in [3.63, 3.8) is 0 Å². The van der Waals surface area contributed by atoms with Crippen molar-refractivity contribution in [3.8, 4) is 11.1 Å². The molecule has 1 fully saturated rings. The van der Waals surface area contributed by atoms with Gasteiger partial charge in [0.25, 0.3) is 11.8 Å². The van der Waals surface area contributed by atoms with Gasteiger partial charge in [-0.1, -0.05) is 30.3 Å². The van der Waals surface area contributed by atoms with Crippen LogP contribution < -0.4 is 16.4 Å². The van der Waals surface area contributed by atoms with Gasteiger partial charge in [0.1, 0.15) is 11.9 Å². The predicted octanol–water partition coefficient (Wildman–Crippen LogP) is 1.75. The van der Waals surface area contributed by atoms with E-state index >= 15 is 0 Å². The second-order valence-electron chi connectivity index (χ2n) is 10.7. The van der Waals surface area contributed by atoms with Crippen LogP contribution in [-0.4, -0.2) is 79.2 Å². The maximum absolute atomic E-state index is 14.9. The van der Waals surface area contributed by atoms with E-state index in [1.807, 2.05) is 0 Å². The van der Waals surface area contributed by atoms with Crippen LogP contribution in [0.5, 0.6) is 0 Å². The average Bonchev–Trinajstić information content (AvgIpc) is 3.71. The molecule has 1 unspecified atom stereocenters. The molecular formula is C29H29F2N5O6S2. The molecule has 0 bridgehead atoms. The molecule has 0 spiro atoms.